The van der Waals surface area contributed by atoms with Gasteiger partial charge in [-0.3, -0.25) is 9.69 Å². The van der Waals surface area contributed by atoms with Crippen molar-refractivity contribution in [1.29, 1.82) is 0 Å². The zero-order valence-electron chi connectivity index (χ0n) is 20.2. The Morgan fingerprint density at radius 1 is 1.14 bits per heavy atom. The molecule has 6 rings (SSSR count). The number of carbonyl (C=O) groups is 2. The molecular weight excluding hydrogens is 493 g/mol. The Hall–Kier alpha value is -4.02. The number of urea groups is 1. The minimum Gasteiger partial charge on any atom is -0.457 e. The average molecular weight is 518 g/mol. The maximum absolute atomic E-state index is 14.3. The highest BCUT2D eigenvalue weighted by molar-refractivity contribution is 7.21. The molecule has 0 unspecified atom stereocenters. The molecular formula is C27H24FN5O3S. The van der Waals surface area contributed by atoms with Gasteiger partial charge in [-0.2, -0.15) is 0 Å². The van der Waals surface area contributed by atoms with E-state index in [1.54, 1.807) is 17.2 Å². The molecule has 2 aliphatic rings. The van der Waals surface area contributed by atoms with Gasteiger partial charge in [-0.1, -0.05) is 18.2 Å². The molecule has 188 valence electrons. The summed E-state index contributed by atoms with van der Waals surface area (Å²) in [6.45, 7) is 2.61. The molecule has 2 N–H and O–H groups in total. The number of hydrogen-bond acceptors (Lipinski definition) is 6. The lowest BCUT2D eigenvalue weighted by molar-refractivity contribution is 0.0928. The number of aryl methyl sites for hydroxylation is 1. The van der Waals surface area contributed by atoms with Gasteiger partial charge in [0.05, 0.1) is 28.5 Å². The maximum Gasteiger partial charge on any atom is 0.331 e. The van der Waals surface area contributed by atoms with Gasteiger partial charge in [-0.25, -0.2) is 14.2 Å². The van der Waals surface area contributed by atoms with Gasteiger partial charge in [0.2, 0.25) is 0 Å². The Bertz CT molecular complexity index is 1530. The lowest BCUT2D eigenvalue weighted by Gasteiger charge is -2.29. The zero-order chi connectivity index (χ0) is 25.7. The van der Waals surface area contributed by atoms with Crippen LogP contribution in [0.5, 0.6) is 11.5 Å². The third-order valence-electron chi connectivity index (χ3n) is 6.59. The van der Waals surface area contributed by atoms with Gasteiger partial charge in [0.15, 0.2) is 0 Å². The normalized spacial score (nSPS) is 19.2. The van der Waals surface area contributed by atoms with Crippen molar-refractivity contribution in [2.75, 3.05) is 30.4 Å². The van der Waals surface area contributed by atoms with Crippen molar-refractivity contribution in [1.82, 2.24) is 15.2 Å². The van der Waals surface area contributed by atoms with Gasteiger partial charge in [0.1, 0.15) is 27.4 Å². The number of pyridine rings is 1. The lowest BCUT2D eigenvalue weighted by atomic mass is 10.1. The molecule has 0 bridgehead atoms. The molecule has 2 aliphatic heterocycles. The zero-order valence-corrected chi connectivity index (χ0v) is 21.0. The van der Waals surface area contributed by atoms with Crippen LogP contribution in [0.3, 0.4) is 0 Å². The molecule has 0 saturated carbocycles. The predicted molar refractivity (Wildman–Crippen MR) is 142 cm³/mol. The minimum atomic E-state index is -1.14. The van der Waals surface area contributed by atoms with Crippen LogP contribution in [0.25, 0.3) is 10.2 Å². The van der Waals surface area contributed by atoms with Crippen LogP contribution >= 0.6 is 11.3 Å². The fraction of sp³-hybridized carbons (Fsp3) is 0.222. The first kappa shape index (κ1) is 23.4. The highest BCUT2D eigenvalue weighted by atomic mass is 32.1. The Kier molecular flexibility index (Phi) is 5.77. The van der Waals surface area contributed by atoms with E-state index in [4.69, 9.17) is 4.74 Å². The summed E-state index contributed by atoms with van der Waals surface area (Å²) in [4.78, 5) is 35.3. The molecule has 2 aromatic carbocycles. The minimum absolute atomic E-state index is 0.274. The number of amides is 3. The molecule has 2 atom stereocenters. The van der Waals surface area contributed by atoms with Crippen molar-refractivity contribution in [3.8, 4) is 11.5 Å². The molecule has 0 radical (unpaired) electrons. The van der Waals surface area contributed by atoms with Crippen molar-refractivity contribution in [3.05, 3.63) is 71.2 Å². The van der Waals surface area contributed by atoms with Crippen LogP contribution in [0.4, 0.5) is 26.2 Å². The van der Waals surface area contributed by atoms with E-state index in [9.17, 15) is 14.0 Å². The van der Waals surface area contributed by atoms with Crippen molar-refractivity contribution in [3.63, 3.8) is 0 Å². The monoisotopic (exact) mass is 517 g/mol. The van der Waals surface area contributed by atoms with E-state index in [0.717, 1.165) is 11.3 Å². The van der Waals surface area contributed by atoms with E-state index in [2.05, 4.69) is 15.6 Å². The van der Waals surface area contributed by atoms with Gasteiger partial charge in [0.25, 0.3) is 5.91 Å². The number of halogens is 1. The SMILES string of the molecule is Cc1cc(Oc2ccccc2)ccc1N1C(=O)Nc2c(C(=O)N[C@H]3CN(C)C[C@@H]3F)sc3nccc1c23. The van der Waals surface area contributed by atoms with Gasteiger partial charge < -0.3 is 20.3 Å². The summed E-state index contributed by atoms with van der Waals surface area (Å²) in [6, 6.07) is 15.8. The van der Waals surface area contributed by atoms with E-state index in [1.165, 1.54) is 11.3 Å². The summed E-state index contributed by atoms with van der Waals surface area (Å²) in [7, 11) is 1.81. The molecule has 4 aromatic rings. The number of aromatic nitrogens is 1. The average Bonchev–Trinajstić information content (AvgIpc) is 3.40. The van der Waals surface area contributed by atoms with Crippen LogP contribution in [-0.4, -0.2) is 54.2 Å². The largest absolute Gasteiger partial charge is 0.457 e. The fourth-order valence-corrected chi connectivity index (χ4v) is 5.89. The number of nitrogens with one attached hydrogen (secondary N) is 2. The van der Waals surface area contributed by atoms with E-state index in [-0.39, 0.29) is 6.54 Å². The second kappa shape index (κ2) is 9.13. The molecule has 1 saturated heterocycles. The van der Waals surface area contributed by atoms with Crippen molar-refractivity contribution >= 4 is 50.6 Å². The smallest absolute Gasteiger partial charge is 0.331 e. The molecule has 4 heterocycles. The number of nitrogens with zero attached hydrogens (tertiary/aromatic N) is 3. The summed E-state index contributed by atoms with van der Waals surface area (Å²) in [5.74, 6) is 0.959. The topological polar surface area (TPSA) is 86.8 Å². The van der Waals surface area contributed by atoms with Gasteiger partial charge >= 0.3 is 6.03 Å². The molecule has 2 aromatic heterocycles. The molecule has 8 nitrogen and oxygen atoms in total. The van der Waals surface area contributed by atoms with E-state index < -0.39 is 24.2 Å². The van der Waals surface area contributed by atoms with Crippen LogP contribution in [0.1, 0.15) is 15.2 Å². The number of rotatable bonds is 5. The number of hydrogen-bond donors (Lipinski definition) is 2. The number of likely N-dealkylation sites (tertiary alicyclic amines) is 1. The third-order valence-corrected chi connectivity index (χ3v) is 7.68. The highest BCUT2D eigenvalue weighted by Gasteiger charge is 2.36. The Morgan fingerprint density at radius 3 is 2.68 bits per heavy atom. The van der Waals surface area contributed by atoms with Gasteiger partial charge in [-0.15, -0.1) is 11.3 Å². The van der Waals surface area contributed by atoms with Crippen LogP contribution in [-0.2, 0) is 0 Å². The van der Waals surface area contributed by atoms with Crippen molar-refractivity contribution in [2.24, 2.45) is 0 Å². The van der Waals surface area contributed by atoms with E-state index in [1.807, 2.05) is 67.4 Å². The highest BCUT2D eigenvalue weighted by Crippen LogP contribution is 2.46. The lowest BCUT2D eigenvalue weighted by Crippen LogP contribution is -2.41. The van der Waals surface area contributed by atoms with Gasteiger partial charge in [0, 0.05) is 19.3 Å². The van der Waals surface area contributed by atoms with Gasteiger partial charge in [-0.05, 0) is 55.9 Å². The van der Waals surface area contributed by atoms with Crippen LogP contribution in [0.15, 0.2) is 60.8 Å². The quantitative estimate of drug-likeness (QED) is 0.367. The number of ether oxygens (including phenoxy) is 1. The number of para-hydroxylation sites is 1. The Balaban J connectivity index is 1.34. The molecule has 3 amide bonds. The number of likely N-dealkylation sites (N-methyl/N-ethyl adjacent to an activating group) is 1. The summed E-state index contributed by atoms with van der Waals surface area (Å²) in [6.07, 6.45) is 0.479. The second-order valence-electron chi connectivity index (χ2n) is 9.26. The third kappa shape index (κ3) is 4.17. The molecule has 10 heteroatoms. The van der Waals surface area contributed by atoms with E-state index in [0.29, 0.717) is 44.5 Å². The predicted octanol–water partition coefficient (Wildman–Crippen LogP) is 5.46. The Labute approximate surface area is 216 Å². The van der Waals surface area contributed by atoms with E-state index >= 15 is 0 Å². The summed E-state index contributed by atoms with van der Waals surface area (Å²) in [5, 5.41) is 6.37. The molecule has 1 fully saturated rings. The number of benzene rings is 2. The second-order valence-corrected chi connectivity index (χ2v) is 10.3. The van der Waals surface area contributed by atoms with Crippen LogP contribution in [0.2, 0.25) is 0 Å². The fourth-order valence-electron chi connectivity index (χ4n) is 4.87. The number of thiophene rings is 1. The number of anilines is 3. The van der Waals surface area contributed by atoms with Crippen LogP contribution in [0, 0.1) is 6.92 Å². The molecule has 0 aliphatic carbocycles. The van der Waals surface area contributed by atoms with Crippen molar-refractivity contribution in [2.45, 2.75) is 19.1 Å². The maximum atomic E-state index is 14.3. The summed E-state index contributed by atoms with van der Waals surface area (Å²) < 4.78 is 20.3. The summed E-state index contributed by atoms with van der Waals surface area (Å²) >= 11 is 1.18. The van der Waals surface area contributed by atoms with Crippen LogP contribution < -0.4 is 20.3 Å². The number of carbonyl (C=O) groups excluding carboxylic acids is 2. The number of alkyl halides is 1. The first-order chi connectivity index (χ1) is 17.9. The first-order valence-corrected chi connectivity index (χ1v) is 12.7. The molecule has 37 heavy (non-hydrogen) atoms. The van der Waals surface area contributed by atoms with Crippen molar-refractivity contribution < 1.29 is 18.7 Å². The summed E-state index contributed by atoms with van der Waals surface area (Å²) in [5.41, 5.74) is 2.56. The standard InChI is InChI=1S/C27H24FN5O3S/c1-15-12-17(36-16-6-4-3-5-7-16)8-9-20(15)33-21-10-11-29-26-22(21)23(31-27(33)35)24(37-26)25(34)30-19-14-32(2)13-18(19)28/h3-12,18-19H,13-14H2,1-2H3,(H,30,34)(H,31,35)/t18-,19-/m0/s1. The molecule has 0 spiro atoms. The Morgan fingerprint density at radius 2 is 1.95 bits per heavy atom. The first-order valence-electron chi connectivity index (χ1n) is 11.9.